The number of aromatic nitrogens is 1. The van der Waals surface area contributed by atoms with Gasteiger partial charge in [0.1, 0.15) is 11.5 Å². The fourth-order valence-electron chi connectivity index (χ4n) is 5.11. The average Bonchev–Trinajstić information content (AvgIpc) is 2.84. The molecule has 0 bridgehead atoms. The molecule has 8 heteroatoms. The smallest absolute Gasteiger partial charge is 0.306 e. The van der Waals surface area contributed by atoms with E-state index in [0.29, 0.717) is 5.56 Å². The number of unbranched alkanes of at least 4 members (excludes halogenated alkanes) is 1. The molecule has 2 aromatic rings. The fraction of sp³-hybridized carbons (Fsp3) is 0.556. The number of methoxy groups -OCH3 is 1. The zero-order valence-corrected chi connectivity index (χ0v) is 20.6. The summed E-state index contributed by atoms with van der Waals surface area (Å²) in [5, 5.41) is 3.37. The maximum absolute atomic E-state index is 15.9. The highest BCUT2D eigenvalue weighted by Gasteiger charge is 2.50. The zero-order chi connectivity index (χ0) is 24.8. The molecule has 0 radical (unpaired) electrons. The van der Waals surface area contributed by atoms with Gasteiger partial charge < -0.3 is 14.8 Å². The van der Waals surface area contributed by atoms with Gasteiger partial charge in [-0.1, -0.05) is 12.1 Å². The van der Waals surface area contributed by atoms with E-state index >= 15 is 4.39 Å². The molecule has 2 aliphatic rings. The maximum Gasteiger partial charge on any atom is 0.306 e. The molecular weight excluding hydrogens is 452 g/mol. The van der Waals surface area contributed by atoms with Crippen molar-refractivity contribution < 1.29 is 23.0 Å². The lowest BCUT2D eigenvalue weighted by Crippen LogP contribution is -2.62. The van der Waals surface area contributed by atoms with Crippen molar-refractivity contribution in [2.75, 3.05) is 45.2 Å². The molecule has 1 aromatic carbocycles. The number of hydrogen-bond acceptors (Lipinski definition) is 6. The van der Waals surface area contributed by atoms with Crippen LogP contribution in [0.25, 0.3) is 0 Å². The van der Waals surface area contributed by atoms with Crippen molar-refractivity contribution in [2.24, 2.45) is 0 Å². The number of esters is 1. The number of benzene rings is 1. The zero-order valence-electron chi connectivity index (χ0n) is 20.6. The van der Waals surface area contributed by atoms with Crippen molar-refractivity contribution in [2.45, 2.75) is 57.0 Å². The number of likely N-dealkylation sites (tertiary alicyclic amines) is 1. The van der Waals surface area contributed by atoms with Gasteiger partial charge in [-0.2, -0.15) is 0 Å². The summed E-state index contributed by atoms with van der Waals surface area (Å²) in [4.78, 5) is 19.0. The van der Waals surface area contributed by atoms with Crippen LogP contribution in [-0.2, 0) is 22.4 Å². The van der Waals surface area contributed by atoms with Gasteiger partial charge >= 0.3 is 5.97 Å². The molecule has 0 aliphatic carbocycles. The van der Waals surface area contributed by atoms with Gasteiger partial charge in [-0.05, 0) is 74.9 Å². The quantitative estimate of drug-likeness (QED) is 0.367. The lowest BCUT2D eigenvalue weighted by molar-refractivity contribution is -0.146. The molecule has 6 nitrogen and oxygen atoms in total. The standard InChI is InChI=1S/C27H35F2N3O3/c1-3-35-25(33)16-22(20-10-12-24(34-2)23(28)15-20)27(29)17-32(18-27)14-5-4-8-21-11-9-19-7-6-13-30-26(19)31-21/h9-12,15,22H,3-8,13-14,16-18H2,1-2H3,(H,30,31). The first-order valence-corrected chi connectivity index (χ1v) is 12.5. The SMILES string of the molecule is CCOC(=O)CC(c1ccc(OC)c(F)c1)C1(F)CN(CCCCc2ccc3c(n2)NCCC3)C1. The number of nitrogens with zero attached hydrogens (tertiary/aromatic N) is 2. The molecule has 1 fully saturated rings. The van der Waals surface area contributed by atoms with Gasteiger partial charge in [-0.25, -0.2) is 13.8 Å². The summed E-state index contributed by atoms with van der Waals surface area (Å²) < 4.78 is 40.3. The first-order chi connectivity index (χ1) is 16.9. The van der Waals surface area contributed by atoms with Crippen LogP contribution in [0.1, 0.15) is 55.3 Å². The van der Waals surface area contributed by atoms with E-state index in [1.807, 2.05) is 0 Å². The molecule has 3 heterocycles. The van der Waals surface area contributed by atoms with E-state index in [1.54, 1.807) is 13.0 Å². The summed E-state index contributed by atoms with van der Waals surface area (Å²) in [6.07, 6.45) is 4.89. The number of carbonyl (C=O) groups excluding carboxylic acids is 1. The van der Waals surface area contributed by atoms with Gasteiger partial charge in [0, 0.05) is 31.2 Å². The van der Waals surface area contributed by atoms with Crippen molar-refractivity contribution >= 4 is 11.8 Å². The number of anilines is 1. The van der Waals surface area contributed by atoms with Crippen LogP contribution in [0.4, 0.5) is 14.6 Å². The number of nitrogens with one attached hydrogen (secondary N) is 1. The summed E-state index contributed by atoms with van der Waals surface area (Å²) >= 11 is 0. The lowest BCUT2D eigenvalue weighted by Gasteiger charge is -2.48. The second kappa shape index (κ2) is 11.3. The van der Waals surface area contributed by atoms with E-state index < -0.39 is 23.4 Å². The second-order valence-corrected chi connectivity index (χ2v) is 9.50. The van der Waals surface area contributed by atoms with Gasteiger partial charge in [-0.3, -0.25) is 9.69 Å². The summed E-state index contributed by atoms with van der Waals surface area (Å²) in [5.41, 5.74) is 1.21. The number of halogens is 2. The Bertz CT molecular complexity index is 1030. The van der Waals surface area contributed by atoms with Gasteiger partial charge in [0.2, 0.25) is 0 Å². The highest BCUT2D eigenvalue weighted by Crippen LogP contribution is 2.42. The molecule has 1 N–H and O–H groups in total. The van der Waals surface area contributed by atoms with Crippen molar-refractivity contribution in [1.82, 2.24) is 9.88 Å². The van der Waals surface area contributed by atoms with Crippen LogP contribution >= 0.6 is 0 Å². The molecule has 35 heavy (non-hydrogen) atoms. The molecule has 1 saturated heterocycles. The van der Waals surface area contributed by atoms with Crippen molar-refractivity contribution in [3.8, 4) is 5.75 Å². The number of fused-ring (bicyclic) bond motifs is 1. The predicted octanol–water partition coefficient (Wildman–Crippen LogP) is 4.67. The van der Waals surface area contributed by atoms with Crippen LogP contribution in [0.2, 0.25) is 0 Å². The Morgan fingerprint density at radius 2 is 2.09 bits per heavy atom. The van der Waals surface area contributed by atoms with Crippen molar-refractivity contribution in [1.29, 1.82) is 0 Å². The Morgan fingerprint density at radius 3 is 2.83 bits per heavy atom. The Hall–Kier alpha value is -2.74. The third kappa shape index (κ3) is 6.10. The third-order valence-corrected chi connectivity index (χ3v) is 6.96. The van der Waals surface area contributed by atoms with Crippen molar-refractivity contribution in [3.63, 3.8) is 0 Å². The third-order valence-electron chi connectivity index (χ3n) is 6.96. The number of ether oxygens (including phenoxy) is 2. The van der Waals surface area contributed by atoms with E-state index in [0.717, 1.165) is 56.7 Å². The highest BCUT2D eigenvalue weighted by atomic mass is 19.1. The number of alkyl halides is 1. The fourth-order valence-corrected chi connectivity index (χ4v) is 5.11. The Balaban J connectivity index is 1.31. The Kier molecular flexibility index (Phi) is 8.21. The van der Waals surface area contributed by atoms with Gasteiger partial charge in [0.25, 0.3) is 0 Å². The van der Waals surface area contributed by atoms with Gasteiger partial charge in [0.15, 0.2) is 11.6 Å². The minimum atomic E-state index is -1.61. The van der Waals surface area contributed by atoms with Gasteiger partial charge in [0.05, 0.1) is 20.1 Å². The monoisotopic (exact) mass is 487 g/mol. The number of aryl methyl sites for hydroxylation is 2. The average molecular weight is 488 g/mol. The highest BCUT2D eigenvalue weighted by molar-refractivity contribution is 5.71. The molecule has 0 spiro atoms. The van der Waals surface area contributed by atoms with Crippen LogP contribution in [-0.4, -0.2) is 61.4 Å². The first kappa shape index (κ1) is 25.4. The minimum absolute atomic E-state index is 0.0935. The van der Waals surface area contributed by atoms with Gasteiger partial charge in [-0.15, -0.1) is 0 Å². The summed E-state index contributed by atoms with van der Waals surface area (Å²) in [7, 11) is 1.38. The molecule has 1 unspecified atom stereocenters. The Morgan fingerprint density at radius 1 is 1.26 bits per heavy atom. The van der Waals surface area contributed by atoms with E-state index in [9.17, 15) is 9.18 Å². The van der Waals surface area contributed by atoms with Crippen LogP contribution in [0, 0.1) is 5.82 Å². The molecule has 0 amide bonds. The lowest BCUT2D eigenvalue weighted by atomic mass is 9.76. The summed E-state index contributed by atoms with van der Waals surface area (Å²) in [6, 6.07) is 8.66. The molecule has 0 saturated carbocycles. The predicted molar refractivity (Wildman–Crippen MR) is 131 cm³/mol. The van der Waals surface area contributed by atoms with Crippen LogP contribution in [0.5, 0.6) is 5.75 Å². The van der Waals surface area contributed by atoms with Crippen LogP contribution in [0.3, 0.4) is 0 Å². The van der Waals surface area contributed by atoms with E-state index in [4.69, 9.17) is 14.5 Å². The van der Waals surface area contributed by atoms with E-state index in [-0.39, 0.29) is 31.9 Å². The number of hydrogen-bond donors (Lipinski definition) is 1. The van der Waals surface area contributed by atoms with Crippen molar-refractivity contribution in [3.05, 3.63) is 53.0 Å². The summed E-state index contributed by atoms with van der Waals surface area (Å²) in [6.45, 7) is 4.12. The largest absolute Gasteiger partial charge is 0.494 e. The molecule has 1 atom stereocenters. The minimum Gasteiger partial charge on any atom is -0.494 e. The molecule has 1 aromatic heterocycles. The topological polar surface area (TPSA) is 63.7 Å². The van der Waals surface area contributed by atoms with Crippen LogP contribution < -0.4 is 10.1 Å². The van der Waals surface area contributed by atoms with E-state index in [2.05, 4.69) is 22.3 Å². The Labute approximate surface area is 206 Å². The summed E-state index contributed by atoms with van der Waals surface area (Å²) in [5.74, 6) is -0.705. The maximum atomic E-state index is 15.9. The molecule has 4 rings (SSSR count). The molecular formula is C27H35F2N3O3. The molecule has 2 aliphatic heterocycles. The number of carbonyl (C=O) groups is 1. The van der Waals surface area contributed by atoms with Crippen LogP contribution in [0.15, 0.2) is 30.3 Å². The first-order valence-electron chi connectivity index (χ1n) is 12.5. The number of pyridine rings is 1. The second-order valence-electron chi connectivity index (χ2n) is 9.50. The van der Waals surface area contributed by atoms with E-state index in [1.165, 1.54) is 24.8 Å². The molecule has 190 valence electrons. The number of rotatable bonds is 11. The normalized spacial score (nSPS) is 17.6.